The standard InChI is InChI=1S/C9H16O3S/c1-7(5-9(11)12)6-13-8(2)3-4-10/h5,8,10H,3-4,6H2,1-2H3,(H,11,12). The zero-order valence-corrected chi connectivity index (χ0v) is 8.80. The molecule has 0 aromatic rings. The SMILES string of the molecule is CC(=CC(=O)O)CSC(C)CCO. The molecule has 0 radical (unpaired) electrons. The van der Waals surface area contributed by atoms with E-state index in [-0.39, 0.29) is 6.61 Å². The third-order valence-corrected chi connectivity index (χ3v) is 2.93. The van der Waals surface area contributed by atoms with Crippen LogP contribution in [0.4, 0.5) is 0 Å². The van der Waals surface area contributed by atoms with Crippen LogP contribution in [-0.2, 0) is 4.79 Å². The average molecular weight is 204 g/mol. The second-order valence-electron chi connectivity index (χ2n) is 2.96. The van der Waals surface area contributed by atoms with Crippen molar-refractivity contribution in [2.45, 2.75) is 25.5 Å². The van der Waals surface area contributed by atoms with Crippen LogP contribution in [0.3, 0.4) is 0 Å². The van der Waals surface area contributed by atoms with Gasteiger partial charge >= 0.3 is 5.97 Å². The molecule has 13 heavy (non-hydrogen) atoms. The molecule has 1 atom stereocenters. The van der Waals surface area contributed by atoms with Crippen molar-refractivity contribution in [3.63, 3.8) is 0 Å². The molecule has 2 N–H and O–H groups in total. The lowest BCUT2D eigenvalue weighted by molar-refractivity contribution is -0.131. The summed E-state index contributed by atoms with van der Waals surface area (Å²) in [6, 6.07) is 0. The molecule has 0 aliphatic carbocycles. The molecular formula is C9H16O3S. The minimum Gasteiger partial charge on any atom is -0.478 e. The highest BCUT2D eigenvalue weighted by atomic mass is 32.2. The van der Waals surface area contributed by atoms with Crippen LogP contribution in [0.15, 0.2) is 11.6 Å². The van der Waals surface area contributed by atoms with Crippen molar-refractivity contribution in [3.8, 4) is 0 Å². The first-order valence-corrected chi connectivity index (χ1v) is 5.23. The number of aliphatic hydroxyl groups is 1. The molecule has 0 amide bonds. The summed E-state index contributed by atoms with van der Waals surface area (Å²) >= 11 is 1.66. The van der Waals surface area contributed by atoms with E-state index in [1.165, 1.54) is 6.08 Å². The number of aliphatic carboxylic acids is 1. The minimum atomic E-state index is -0.895. The number of aliphatic hydroxyl groups excluding tert-OH is 1. The fourth-order valence-corrected chi connectivity index (χ4v) is 1.69. The van der Waals surface area contributed by atoms with Crippen LogP contribution in [-0.4, -0.2) is 33.8 Å². The van der Waals surface area contributed by atoms with Crippen LogP contribution in [0, 0.1) is 0 Å². The summed E-state index contributed by atoms with van der Waals surface area (Å²) < 4.78 is 0. The summed E-state index contributed by atoms with van der Waals surface area (Å²) in [4.78, 5) is 10.3. The molecule has 0 saturated carbocycles. The maximum atomic E-state index is 10.3. The van der Waals surface area contributed by atoms with Gasteiger partial charge in [0.1, 0.15) is 0 Å². The van der Waals surface area contributed by atoms with Crippen molar-refractivity contribution in [3.05, 3.63) is 11.6 Å². The van der Waals surface area contributed by atoms with Gasteiger partial charge in [-0.25, -0.2) is 4.79 Å². The Kier molecular flexibility index (Phi) is 6.72. The largest absolute Gasteiger partial charge is 0.478 e. The molecule has 0 fully saturated rings. The van der Waals surface area contributed by atoms with Crippen LogP contribution in [0.5, 0.6) is 0 Å². The lowest BCUT2D eigenvalue weighted by Crippen LogP contribution is -2.01. The van der Waals surface area contributed by atoms with Crippen molar-refractivity contribution in [1.29, 1.82) is 0 Å². The Morgan fingerprint density at radius 2 is 2.23 bits per heavy atom. The highest BCUT2D eigenvalue weighted by molar-refractivity contribution is 8.00. The number of rotatable bonds is 6. The zero-order chi connectivity index (χ0) is 10.3. The summed E-state index contributed by atoms with van der Waals surface area (Å²) in [6.45, 7) is 4.01. The third-order valence-electron chi connectivity index (χ3n) is 1.50. The molecule has 0 aromatic heterocycles. The molecule has 1 unspecified atom stereocenters. The Bertz CT molecular complexity index is 189. The van der Waals surface area contributed by atoms with Crippen molar-refractivity contribution in [2.75, 3.05) is 12.4 Å². The van der Waals surface area contributed by atoms with Crippen LogP contribution in [0.25, 0.3) is 0 Å². The van der Waals surface area contributed by atoms with Gasteiger partial charge in [-0.1, -0.05) is 12.5 Å². The number of carbonyl (C=O) groups is 1. The van der Waals surface area contributed by atoms with Gasteiger partial charge in [0.25, 0.3) is 0 Å². The monoisotopic (exact) mass is 204 g/mol. The fourth-order valence-electron chi connectivity index (χ4n) is 0.791. The second kappa shape index (κ2) is 6.97. The van der Waals surface area contributed by atoms with E-state index in [1.54, 1.807) is 18.7 Å². The molecule has 0 aliphatic rings. The molecule has 0 aliphatic heterocycles. The van der Waals surface area contributed by atoms with Gasteiger partial charge in [-0.05, 0) is 13.3 Å². The first-order chi connectivity index (χ1) is 6.06. The summed E-state index contributed by atoms with van der Waals surface area (Å²) in [5.74, 6) is -0.180. The van der Waals surface area contributed by atoms with Gasteiger partial charge in [0, 0.05) is 23.7 Å². The number of carboxylic acid groups (broad SMARTS) is 1. The first kappa shape index (κ1) is 12.5. The van der Waals surface area contributed by atoms with Crippen molar-refractivity contribution < 1.29 is 15.0 Å². The predicted molar refractivity (Wildman–Crippen MR) is 55.0 cm³/mol. The normalized spacial score (nSPS) is 14.2. The van der Waals surface area contributed by atoms with Crippen LogP contribution >= 0.6 is 11.8 Å². The van der Waals surface area contributed by atoms with E-state index in [0.29, 0.717) is 11.0 Å². The topological polar surface area (TPSA) is 57.5 Å². The summed E-state index contributed by atoms with van der Waals surface area (Å²) in [5.41, 5.74) is 0.849. The van der Waals surface area contributed by atoms with Gasteiger partial charge in [-0.2, -0.15) is 11.8 Å². The highest BCUT2D eigenvalue weighted by Crippen LogP contribution is 2.16. The van der Waals surface area contributed by atoms with Crippen LogP contribution in [0.2, 0.25) is 0 Å². The van der Waals surface area contributed by atoms with Gasteiger partial charge in [0.15, 0.2) is 0 Å². The molecule has 3 nitrogen and oxygen atoms in total. The molecule has 0 spiro atoms. The first-order valence-electron chi connectivity index (χ1n) is 4.18. The van der Waals surface area contributed by atoms with E-state index in [1.807, 2.05) is 6.92 Å². The van der Waals surface area contributed by atoms with Crippen LogP contribution < -0.4 is 0 Å². The van der Waals surface area contributed by atoms with Gasteiger partial charge in [-0.15, -0.1) is 0 Å². The molecule has 0 saturated heterocycles. The van der Waals surface area contributed by atoms with Crippen molar-refractivity contribution >= 4 is 17.7 Å². The average Bonchev–Trinajstić information content (AvgIpc) is 2.00. The maximum Gasteiger partial charge on any atom is 0.328 e. The molecule has 0 rings (SSSR count). The Hall–Kier alpha value is -0.480. The number of hydrogen-bond acceptors (Lipinski definition) is 3. The third kappa shape index (κ3) is 7.87. The van der Waals surface area contributed by atoms with Gasteiger partial charge in [0.2, 0.25) is 0 Å². The quantitative estimate of drug-likeness (QED) is 0.644. The Morgan fingerprint density at radius 3 is 2.69 bits per heavy atom. The van der Waals surface area contributed by atoms with E-state index in [0.717, 1.165) is 12.0 Å². The summed E-state index contributed by atoms with van der Waals surface area (Å²) in [7, 11) is 0. The van der Waals surface area contributed by atoms with E-state index >= 15 is 0 Å². The zero-order valence-electron chi connectivity index (χ0n) is 7.99. The van der Waals surface area contributed by atoms with Gasteiger partial charge in [0.05, 0.1) is 0 Å². The molecule has 0 heterocycles. The number of hydrogen-bond donors (Lipinski definition) is 2. The number of carboxylic acids is 1. The van der Waals surface area contributed by atoms with E-state index in [9.17, 15) is 4.79 Å². The Morgan fingerprint density at radius 1 is 1.62 bits per heavy atom. The van der Waals surface area contributed by atoms with Crippen LogP contribution in [0.1, 0.15) is 20.3 Å². The summed E-state index contributed by atoms with van der Waals surface area (Å²) in [5, 5.41) is 17.4. The molecular weight excluding hydrogens is 188 g/mol. The van der Waals surface area contributed by atoms with E-state index in [2.05, 4.69) is 0 Å². The van der Waals surface area contributed by atoms with Gasteiger partial charge in [-0.3, -0.25) is 0 Å². The molecule has 4 heteroatoms. The van der Waals surface area contributed by atoms with Crippen molar-refractivity contribution in [2.24, 2.45) is 0 Å². The Labute approximate surface area is 82.8 Å². The smallest absolute Gasteiger partial charge is 0.328 e. The van der Waals surface area contributed by atoms with E-state index in [4.69, 9.17) is 10.2 Å². The molecule has 0 bridgehead atoms. The molecule has 76 valence electrons. The Balaban J connectivity index is 3.69. The fraction of sp³-hybridized carbons (Fsp3) is 0.667. The van der Waals surface area contributed by atoms with E-state index < -0.39 is 5.97 Å². The van der Waals surface area contributed by atoms with Gasteiger partial charge < -0.3 is 10.2 Å². The number of thioether (sulfide) groups is 1. The predicted octanol–water partition coefficient (Wildman–Crippen LogP) is 1.52. The summed E-state index contributed by atoms with van der Waals surface area (Å²) in [6.07, 6.45) is 1.98. The lowest BCUT2D eigenvalue weighted by atomic mass is 10.3. The lowest BCUT2D eigenvalue weighted by Gasteiger charge is -2.08. The minimum absolute atomic E-state index is 0.190. The second-order valence-corrected chi connectivity index (χ2v) is 4.39. The highest BCUT2D eigenvalue weighted by Gasteiger charge is 2.02. The van der Waals surface area contributed by atoms with Crippen molar-refractivity contribution in [1.82, 2.24) is 0 Å². The molecule has 0 aromatic carbocycles. The maximum absolute atomic E-state index is 10.3.